The van der Waals surface area contributed by atoms with E-state index in [9.17, 15) is 9.90 Å². The van der Waals surface area contributed by atoms with Gasteiger partial charge >= 0.3 is 0 Å². The van der Waals surface area contributed by atoms with Crippen LogP contribution in [0, 0.1) is 0 Å². The largest absolute Gasteiger partial charge is 0.391 e. The van der Waals surface area contributed by atoms with Crippen LogP contribution in [-0.4, -0.2) is 35.1 Å². The van der Waals surface area contributed by atoms with E-state index in [4.69, 9.17) is 0 Å². The summed E-state index contributed by atoms with van der Waals surface area (Å²) in [6.45, 7) is 7.79. The summed E-state index contributed by atoms with van der Waals surface area (Å²) >= 11 is 0. The van der Waals surface area contributed by atoms with Gasteiger partial charge in [0, 0.05) is 13.1 Å². The fraction of sp³-hybridized carbons (Fsp3) is 0.562. The Morgan fingerprint density at radius 1 is 1.26 bits per heavy atom. The van der Waals surface area contributed by atoms with Crippen LogP contribution in [0.3, 0.4) is 0 Å². The highest BCUT2D eigenvalue weighted by Gasteiger charge is 2.27. The normalized spacial score (nSPS) is 20.1. The summed E-state index contributed by atoms with van der Waals surface area (Å²) < 4.78 is 0. The molecule has 3 nitrogen and oxygen atoms in total. The lowest BCUT2D eigenvalue weighted by Crippen LogP contribution is -2.28. The van der Waals surface area contributed by atoms with Crippen LogP contribution in [0.1, 0.15) is 38.3 Å². The summed E-state index contributed by atoms with van der Waals surface area (Å²) in [4.78, 5) is 13.3. The van der Waals surface area contributed by atoms with Crippen LogP contribution in [0.5, 0.6) is 0 Å². The maximum atomic E-state index is 11.6. The number of aliphatic hydroxyl groups excluding tert-OH is 1. The number of hydrogen-bond acceptors (Lipinski definition) is 2. The molecule has 1 aromatic rings. The third-order valence-electron chi connectivity index (χ3n) is 3.68. The van der Waals surface area contributed by atoms with Gasteiger partial charge in [-0.1, -0.05) is 45.0 Å². The molecule has 19 heavy (non-hydrogen) atoms. The van der Waals surface area contributed by atoms with E-state index in [2.05, 4.69) is 45.0 Å². The topological polar surface area (TPSA) is 40.5 Å². The van der Waals surface area contributed by atoms with Crippen LogP contribution in [-0.2, 0) is 16.6 Å². The van der Waals surface area contributed by atoms with Gasteiger partial charge in [0.25, 0.3) is 0 Å². The van der Waals surface area contributed by atoms with Crippen molar-refractivity contribution < 1.29 is 9.90 Å². The maximum Gasteiger partial charge on any atom is 0.225 e. The molecule has 2 rings (SSSR count). The average molecular weight is 261 g/mol. The van der Waals surface area contributed by atoms with Gasteiger partial charge < -0.3 is 10.0 Å². The summed E-state index contributed by atoms with van der Waals surface area (Å²) in [5, 5.41) is 9.43. The zero-order valence-corrected chi connectivity index (χ0v) is 12.0. The van der Waals surface area contributed by atoms with E-state index in [1.54, 1.807) is 4.90 Å². The molecule has 1 N–H and O–H groups in total. The molecular weight excluding hydrogens is 238 g/mol. The average Bonchev–Trinajstić information content (AvgIpc) is 2.65. The number of carbonyl (C=O) groups excluding carboxylic acids is 1. The summed E-state index contributed by atoms with van der Waals surface area (Å²) in [6.07, 6.45) is 0.655. The van der Waals surface area contributed by atoms with Crippen LogP contribution < -0.4 is 0 Å². The Hall–Kier alpha value is -1.35. The van der Waals surface area contributed by atoms with E-state index in [0.717, 1.165) is 6.42 Å². The molecule has 104 valence electrons. The van der Waals surface area contributed by atoms with Crippen molar-refractivity contribution in [2.75, 3.05) is 13.1 Å². The van der Waals surface area contributed by atoms with Crippen molar-refractivity contribution in [2.45, 2.75) is 45.1 Å². The zero-order chi connectivity index (χ0) is 14.0. The maximum absolute atomic E-state index is 11.6. The molecule has 0 aliphatic carbocycles. The molecule has 0 bridgehead atoms. The molecule has 3 heteroatoms. The first-order chi connectivity index (χ1) is 8.86. The minimum Gasteiger partial charge on any atom is -0.391 e. The monoisotopic (exact) mass is 261 g/mol. The van der Waals surface area contributed by atoms with Crippen molar-refractivity contribution in [1.82, 2.24) is 4.90 Å². The van der Waals surface area contributed by atoms with Gasteiger partial charge in [-0.2, -0.15) is 0 Å². The molecule has 1 fully saturated rings. The van der Waals surface area contributed by atoms with Gasteiger partial charge in [0.1, 0.15) is 0 Å². The molecule has 1 atom stereocenters. The highest BCUT2D eigenvalue weighted by molar-refractivity contribution is 5.79. The molecule has 1 aliphatic heterocycles. The Balaban J connectivity index is 1.92. The van der Waals surface area contributed by atoms with E-state index >= 15 is 0 Å². The highest BCUT2D eigenvalue weighted by Crippen LogP contribution is 2.22. The van der Waals surface area contributed by atoms with Gasteiger partial charge in [-0.15, -0.1) is 0 Å². The lowest BCUT2D eigenvalue weighted by molar-refractivity contribution is -0.127. The van der Waals surface area contributed by atoms with Crippen molar-refractivity contribution in [3.05, 3.63) is 35.4 Å². The standard InChI is InChI=1S/C16H23NO2/c1-16(2,3)13-6-4-12(5-7-13)8-9-17-11-14(18)10-15(17)19/h4-7,14,18H,8-11H2,1-3H3. The Labute approximate surface area is 115 Å². The molecular formula is C16H23NO2. The molecule has 0 aromatic heterocycles. The fourth-order valence-electron chi connectivity index (χ4n) is 2.40. The van der Waals surface area contributed by atoms with Crippen LogP contribution in [0.25, 0.3) is 0 Å². The van der Waals surface area contributed by atoms with Crippen LogP contribution in [0.4, 0.5) is 0 Å². The molecule has 1 aliphatic rings. The third-order valence-corrected chi connectivity index (χ3v) is 3.68. The predicted molar refractivity (Wildman–Crippen MR) is 76.0 cm³/mol. The zero-order valence-electron chi connectivity index (χ0n) is 12.0. The van der Waals surface area contributed by atoms with Crippen LogP contribution >= 0.6 is 0 Å². The van der Waals surface area contributed by atoms with Gasteiger partial charge in [-0.3, -0.25) is 4.79 Å². The summed E-state index contributed by atoms with van der Waals surface area (Å²) in [5.41, 5.74) is 2.74. The number of aliphatic hydroxyl groups is 1. The van der Waals surface area contributed by atoms with Crippen molar-refractivity contribution in [1.29, 1.82) is 0 Å². The quantitative estimate of drug-likeness (QED) is 0.905. The fourth-order valence-corrected chi connectivity index (χ4v) is 2.40. The number of carbonyl (C=O) groups is 1. The molecule has 1 aromatic carbocycles. The molecule has 1 saturated heterocycles. The van der Waals surface area contributed by atoms with Crippen molar-refractivity contribution in [3.63, 3.8) is 0 Å². The second-order valence-electron chi connectivity index (χ2n) is 6.39. The smallest absolute Gasteiger partial charge is 0.225 e. The second-order valence-corrected chi connectivity index (χ2v) is 6.39. The molecule has 1 amide bonds. The number of likely N-dealkylation sites (tertiary alicyclic amines) is 1. The number of benzene rings is 1. The van der Waals surface area contributed by atoms with Crippen LogP contribution in [0.2, 0.25) is 0 Å². The Morgan fingerprint density at radius 3 is 2.37 bits per heavy atom. The van der Waals surface area contributed by atoms with E-state index in [-0.39, 0.29) is 17.7 Å². The number of hydrogen-bond donors (Lipinski definition) is 1. The van der Waals surface area contributed by atoms with Crippen molar-refractivity contribution >= 4 is 5.91 Å². The first-order valence-electron chi connectivity index (χ1n) is 6.91. The van der Waals surface area contributed by atoms with Crippen LogP contribution in [0.15, 0.2) is 24.3 Å². The Kier molecular flexibility index (Phi) is 3.95. The first kappa shape index (κ1) is 14.1. The predicted octanol–water partition coefficient (Wildman–Crippen LogP) is 2.12. The lowest BCUT2D eigenvalue weighted by Gasteiger charge is -2.20. The molecule has 0 saturated carbocycles. The van der Waals surface area contributed by atoms with Gasteiger partial charge in [0.15, 0.2) is 0 Å². The Morgan fingerprint density at radius 2 is 1.89 bits per heavy atom. The minimum atomic E-state index is -0.476. The summed E-state index contributed by atoms with van der Waals surface area (Å²) in [7, 11) is 0. The van der Waals surface area contributed by atoms with Crippen molar-refractivity contribution in [2.24, 2.45) is 0 Å². The highest BCUT2D eigenvalue weighted by atomic mass is 16.3. The SMILES string of the molecule is CC(C)(C)c1ccc(CCN2CC(O)CC2=O)cc1. The minimum absolute atomic E-state index is 0.0683. The van der Waals surface area contributed by atoms with E-state index in [1.165, 1.54) is 11.1 Å². The van der Waals surface area contributed by atoms with E-state index in [1.807, 2.05) is 0 Å². The third kappa shape index (κ3) is 3.57. The molecule has 0 spiro atoms. The number of β-amino-alcohol motifs (C(OH)–C–C–N with tert-alkyl or cyclic N) is 1. The van der Waals surface area contributed by atoms with Gasteiger partial charge in [-0.05, 0) is 23.0 Å². The number of nitrogens with zero attached hydrogens (tertiary/aromatic N) is 1. The summed E-state index contributed by atoms with van der Waals surface area (Å²) in [5.74, 6) is 0.0683. The number of rotatable bonds is 3. The van der Waals surface area contributed by atoms with Gasteiger partial charge in [-0.25, -0.2) is 0 Å². The van der Waals surface area contributed by atoms with Crippen molar-refractivity contribution in [3.8, 4) is 0 Å². The van der Waals surface area contributed by atoms with Gasteiger partial charge in [0.05, 0.1) is 12.5 Å². The lowest BCUT2D eigenvalue weighted by atomic mass is 9.86. The van der Waals surface area contributed by atoms with E-state index in [0.29, 0.717) is 13.1 Å². The Bertz CT molecular complexity index is 445. The molecule has 0 radical (unpaired) electrons. The molecule has 1 unspecified atom stereocenters. The molecule has 1 heterocycles. The second kappa shape index (κ2) is 5.33. The van der Waals surface area contributed by atoms with Gasteiger partial charge in [0.2, 0.25) is 5.91 Å². The summed E-state index contributed by atoms with van der Waals surface area (Å²) in [6, 6.07) is 8.60. The first-order valence-corrected chi connectivity index (χ1v) is 6.91. The number of amides is 1. The van der Waals surface area contributed by atoms with E-state index < -0.39 is 6.10 Å².